The van der Waals surface area contributed by atoms with Crippen LogP contribution in [-0.4, -0.2) is 11.7 Å². The number of anilines is 1. The smallest absolute Gasteiger partial charge is 0.221 e. The molecule has 0 fully saturated rings. The molecule has 1 aromatic rings. The van der Waals surface area contributed by atoms with Crippen LogP contribution in [0.15, 0.2) is 30.3 Å². The lowest BCUT2D eigenvalue weighted by atomic mass is 10.1. The highest BCUT2D eigenvalue weighted by Crippen LogP contribution is 2.16. The van der Waals surface area contributed by atoms with E-state index >= 15 is 0 Å². The summed E-state index contributed by atoms with van der Waals surface area (Å²) in [5, 5.41) is 2.70. The lowest BCUT2D eigenvalue weighted by Gasteiger charge is -2.05. The molecule has 0 atom stereocenters. The van der Waals surface area contributed by atoms with Crippen molar-refractivity contribution in [2.45, 2.75) is 13.8 Å². The van der Waals surface area contributed by atoms with Crippen molar-refractivity contribution in [2.24, 2.45) is 0 Å². The van der Waals surface area contributed by atoms with Gasteiger partial charge in [-0.2, -0.15) is 0 Å². The number of para-hydroxylation sites is 1. The van der Waals surface area contributed by atoms with Crippen LogP contribution in [-0.2, 0) is 9.59 Å². The molecule has 0 unspecified atom stereocenters. The number of benzene rings is 1. The van der Waals surface area contributed by atoms with Gasteiger partial charge in [0.15, 0.2) is 5.78 Å². The molecule has 0 aliphatic carbocycles. The third kappa shape index (κ3) is 3.77. The van der Waals surface area contributed by atoms with Gasteiger partial charge >= 0.3 is 0 Å². The second kappa shape index (κ2) is 5.10. The maximum absolute atomic E-state index is 10.9. The van der Waals surface area contributed by atoms with Crippen LogP contribution in [0.5, 0.6) is 0 Å². The Morgan fingerprint density at radius 3 is 2.47 bits per heavy atom. The first kappa shape index (κ1) is 11.2. The maximum atomic E-state index is 10.9. The van der Waals surface area contributed by atoms with Crippen molar-refractivity contribution in [1.82, 2.24) is 0 Å². The molecule has 0 spiro atoms. The highest BCUT2D eigenvalue weighted by molar-refractivity contribution is 5.95. The number of carbonyl (C=O) groups excluding carboxylic acids is 2. The van der Waals surface area contributed by atoms with Gasteiger partial charge in [0, 0.05) is 12.6 Å². The molecule has 0 aliphatic heterocycles. The minimum Gasteiger partial charge on any atom is -0.326 e. The van der Waals surface area contributed by atoms with Gasteiger partial charge < -0.3 is 5.32 Å². The largest absolute Gasteiger partial charge is 0.326 e. The van der Waals surface area contributed by atoms with Gasteiger partial charge in [-0.25, -0.2) is 0 Å². The van der Waals surface area contributed by atoms with Crippen LogP contribution in [0.25, 0.3) is 6.08 Å². The Balaban J connectivity index is 2.95. The number of hydrogen-bond donors (Lipinski definition) is 1. The highest BCUT2D eigenvalue weighted by atomic mass is 16.1. The third-order valence-corrected chi connectivity index (χ3v) is 1.77. The summed E-state index contributed by atoms with van der Waals surface area (Å²) in [5.41, 5.74) is 1.53. The first-order valence-electron chi connectivity index (χ1n) is 4.65. The average molecular weight is 203 g/mol. The first-order valence-corrected chi connectivity index (χ1v) is 4.65. The number of nitrogens with one attached hydrogen (secondary N) is 1. The van der Waals surface area contributed by atoms with Gasteiger partial charge in [0.1, 0.15) is 0 Å². The second-order valence-corrected chi connectivity index (χ2v) is 3.21. The Hall–Kier alpha value is -1.90. The lowest BCUT2D eigenvalue weighted by molar-refractivity contribution is -0.114. The molecule has 1 rings (SSSR count). The van der Waals surface area contributed by atoms with Gasteiger partial charge in [0.05, 0.1) is 0 Å². The predicted molar refractivity (Wildman–Crippen MR) is 60.5 cm³/mol. The molecule has 0 saturated heterocycles. The maximum Gasteiger partial charge on any atom is 0.221 e. The van der Waals surface area contributed by atoms with Crippen molar-refractivity contribution in [3.63, 3.8) is 0 Å². The van der Waals surface area contributed by atoms with Crippen molar-refractivity contribution in [1.29, 1.82) is 0 Å². The number of amides is 1. The molecule has 78 valence electrons. The van der Waals surface area contributed by atoms with Crippen molar-refractivity contribution in [3.05, 3.63) is 35.9 Å². The zero-order valence-corrected chi connectivity index (χ0v) is 8.78. The van der Waals surface area contributed by atoms with Gasteiger partial charge in [0.2, 0.25) is 5.91 Å². The molecule has 0 bridgehead atoms. The zero-order valence-electron chi connectivity index (χ0n) is 8.78. The topological polar surface area (TPSA) is 46.2 Å². The molecule has 0 radical (unpaired) electrons. The fraction of sp³-hybridized carbons (Fsp3) is 0.167. The van der Waals surface area contributed by atoms with Crippen molar-refractivity contribution >= 4 is 23.5 Å². The third-order valence-electron chi connectivity index (χ3n) is 1.77. The Morgan fingerprint density at radius 1 is 1.20 bits per heavy atom. The van der Waals surface area contributed by atoms with Gasteiger partial charge in [-0.05, 0) is 30.7 Å². The van der Waals surface area contributed by atoms with Crippen molar-refractivity contribution < 1.29 is 9.59 Å². The van der Waals surface area contributed by atoms with E-state index in [1.807, 2.05) is 18.2 Å². The summed E-state index contributed by atoms with van der Waals surface area (Å²) in [5.74, 6) is -0.147. The minimum atomic E-state index is -0.126. The van der Waals surface area contributed by atoms with Gasteiger partial charge in [-0.1, -0.05) is 18.2 Å². The number of ketones is 1. The molecule has 3 heteroatoms. The fourth-order valence-corrected chi connectivity index (χ4v) is 1.15. The first-order chi connectivity index (χ1) is 7.09. The molecule has 1 amide bonds. The molecule has 0 saturated carbocycles. The van der Waals surface area contributed by atoms with Crippen LogP contribution < -0.4 is 5.32 Å². The van der Waals surface area contributed by atoms with E-state index in [4.69, 9.17) is 0 Å². The number of carbonyl (C=O) groups is 2. The van der Waals surface area contributed by atoms with Crippen molar-refractivity contribution in [2.75, 3.05) is 5.32 Å². The Morgan fingerprint density at radius 2 is 1.87 bits per heavy atom. The van der Waals surface area contributed by atoms with E-state index in [1.165, 1.54) is 19.9 Å². The molecule has 0 aromatic heterocycles. The van der Waals surface area contributed by atoms with Crippen LogP contribution >= 0.6 is 0 Å². The Bertz CT molecular complexity index is 408. The molecule has 3 nitrogen and oxygen atoms in total. The summed E-state index contributed by atoms with van der Waals surface area (Å²) < 4.78 is 0. The molecule has 1 N–H and O–H groups in total. The monoisotopic (exact) mass is 203 g/mol. The van der Waals surface area contributed by atoms with Gasteiger partial charge in [0.25, 0.3) is 0 Å². The number of allylic oxidation sites excluding steroid dienone is 1. The summed E-state index contributed by atoms with van der Waals surface area (Å²) in [6.07, 6.45) is 3.16. The lowest BCUT2D eigenvalue weighted by Crippen LogP contribution is -2.06. The Labute approximate surface area is 88.8 Å². The van der Waals surface area contributed by atoms with E-state index in [9.17, 15) is 9.59 Å². The van der Waals surface area contributed by atoms with Crippen LogP contribution in [0.3, 0.4) is 0 Å². The second-order valence-electron chi connectivity index (χ2n) is 3.21. The van der Waals surface area contributed by atoms with E-state index in [0.29, 0.717) is 5.69 Å². The average Bonchev–Trinajstić information content (AvgIpc) is 2.15. The van der Waals surface area contributed by atoms with Crippen LogP contribution in [0.2, 0.25) is 0 Å². The normalized spacial score (nSPS) is 10.3. The van der Waals surface area contributed by atoms with Crippen molar-refractivity contribution in [3.8, 4) is 0 Å². The van der Waals surface area contributed by atoms with E-state index in [2.05, 4.69) is 5.32 Å². The molecule has 15 heavy (non-hydrogen) atoms. The van der Waals surface area contributed by atoms with Crippen LogP contribution in [0.1, 0.15) is 19.4 Å². The molecular weight excluding hydrogens is 190 g/mol. The standard InChI is InChI=1S/C12H13NO2/c1-9(14)7-8-11-5-3-4-6-12(11)13-10(2)15/h3-8H,1-2H3,(H,13,15)/b8-7+. The quantitative estimate of drug-likeness (QED) is 0.766. The summed E-state index contributed by atoms with van der Waals surface area (Å²) in [6.45, 7) is 2.93. The van der Waals surface area contributed by atoms with Gasteiger partial charge in [-0.15, -0.1) is 0 Å². The van der Waals surface area contributed by atoms with E-state index in [1.54, 1.807) is 12.1 Å². The Kier molecular flexibility index (Phi) is 3.80. The molecule has 0 aliphatic rings. The minimum absolute atomic E-state index is 0.0207. The number of rotatable bonds is 3. The highest BCUT2D eigenvalue weighted by Gasteiger charge is 1.99. The molecule has 1 aromatic carbocycles. The van der Waals surface area contributed by atoms with Crippen LogP contribution in [0, 0.1) is 0 Å². The van der Waals surface area contributed by atoms with Crippen LogP contribution in [0.4, 0.5) is 5.69 Å². The van der Waals surface area contributed by atoms with E-state index in [-0.39, 0.29) is 11.7 Å². The van der Waals surface area contributed by atoms with E-state index < -0.39 is 0 Å². The summed E-state index contributed by atoms with van der Waals surface area (Å²) in [6, 6.07) is 7.31. The predicted octanol–water partition coefficient (Wildman–Crippen LogP) is 2.25. The molecule has 0 heterocycles. The zero-order chi connectivity index (χ0) is 11.3. The molecular formula is C12H13NO2. The summed E-state index contributed by atoms with van der Waals surface area (Å²) >= 11 is 0. The van der Waals surface area contributed by atoms with E-state index in [0.717, 1.165) is 5.56 Å². The fourth-order valence-electron chi connectivity index (χ4n) is 1.15. The summed E-state index contributed by atoms with van der Waals surface area (Å²) in [7, 11) is 0. The summed E-state index contributed by atoms with van der Waals surface area (Å²) in [4.78, 5) is 21.7. The SMILES string of the molecule is CC(=O)/C=C/c1ccccc1NC(C)=O. The van der Waals surface area contributed by atoms with Gasteiger partial charge in [-0.3, -0.25) is 9.59 Å². The number of hydrogen-bond acceptors (Lipinski definition) is 2.